The molecule has 0 bridgehead atoms. The van der Waals surface area contributed by atoms with Gasteiger partial charge in [0.25, 0.3) is 0 Å². The Bertz CT molecular complexity index is 421. The predicted molar refractivity (Wildman–Crippen MR) is 84.3 cm³/mol. The van der Waals surface area contributed by atoms with E-state index in [1.54, 1.807) is 0 Å². The molecule has 1 aromatic heterocycles. The first kappa shape index (κ1) is 15.0. The summed E-state index contributed by atoms with van der Waals surface area (Å²) in [6.07, 6.45) is 5.58. The quantitative estimate of drug-likeness (QED) is 0.836. The number of rotatable bonds is 6. The maximum Gasteiger partial charge on any atom is 0.224 e. The van der Waals surface area contributed by atoms with E-state index in [-0.39, 0.29) is 0 Å². The minimum atomic E-state index is 0.718. The third-order valence-corrected chi connectivity index (χ3v) is 3.79. The van der Waals surface area contributed by atoms with Crippen LogP contribution in [-0.4, -0.2) is 48.1 Å². The largest absolute Gasteiger partial charge is 0.369 e. The van der Waals surface area contributed by atoms with Gasteiger partial charge in [0.2, 0.25) is 5.95 Å². The van der Waals surface area contributed by atoms with E-state index in [4.69, 9.17) is 0 Å². The van der Waals surface area contributed by atoms with E-state index in [1.807, 2.05) is 6.20 Å². The molecule has 1 atom stereocenters. The van der Waals surface area contributed by atoms with Crippen molar-refractivity contribution < 1.29 is 0 Å². The lowest BCUT2D eigenvalue weighted by Crippen LogP contribution is -2.35. The van der Waals surface area contributed by atoms with Crippen LogP contribution in [0.5, 0.6) is 0 Å². The molecular formula is C15H27N5. The first-order valence-corrected chi connectivity index (χ1v) is 7.69. The van der Waals surface area contributed by atoms with Gasteiger partial charge in [-0.25, -0.2) is 4.98 Å². The summed E-state index contributed by atoms with van der Waals surface area (Å²) in [5.41, 5.74) is 1.11. The molecule has 2 heterocycles. The first-order valence-electron chi connectivity index (χ1n) is 7.69. The zero-order valence-electron chi connectivity index (χ0n) is 12.9. The zero-order valence-corrected chi connectivity index (χ0v) is 12.9. The molecule has 0 spiro atoms. The summed E-state index contributed by atoms with van der Waals surface area (Å²) in [6.45, 7) is 8.51. The molecule has 0 radical (unpaired) electrons. The van der Waals surface area contributed by atoms with Crippen LogP contribution in [0.2, 0.25) is 0 Å². The molecule has 1 saturated heterocycles. The highest BCUT2D eigenvalue weighted by molar-refractivity contribution is 5.46. The molecular weight excluding hydrogens is 250 g/mol. The number of hydrogen-bond acceptors (Lipinski definition) is 5. The predicted octanol–water partition coefficient (Wildman–Crippen LogP) is 2.36. The normalized spacial score (nSPS) is 19.9. The molecule has 112 valence electrons. The van der Waals surface area contributed by atoms with Crippen molar-refractivity contribution in [1.82, 2.24) is 14.9 Å². The van der Waals surface area contributed by atoms with Crippen LogP contribution < -0.4 is 10.6 Å². The van der Waals surface area contributed by atoms with Crippen molar-refractivity contribution in [2.45, 2.75) is 33.1 Å². The molecule has 20 heavy (non-hydrogen) atoms. The number of piperidine rings is 1. The van der Waals surface area contributed by atoms with Crippen molar-refractivity contribution in [3.63, 3.8) is 0 Å². The van der Waals surface area contributed by atoms with Gasteiger partial charge in [0, 0.05) is 31.4 Å². The van der Waals surface area contributed by atoms with Crippen LogP contribution >= 0.6 is 0 Å². The number of aryl methyl sites for hydroxylation is 1. The van der Waals surface area contributed by atoms with Crippen LogP contribution in [0.4, 0.5) is 11.8 Å². The minimum absolute atomic E-state index is 0.718. The second-order valence-electron chi connectivity index (χ2n) is 5.80. The molecule has 1 fully saturated rings. The molecule has 0 aromatic carbocycles. The van der Waals surface area contributed by atoms with Crippen LogP contribution in [-0.2, 0) is 0 Å². The standard InChI is InChI=1S/C15H27N5/c1-4-7-16-15-18-9-12(2)14(19-15)17-10-13-6-5-8-20(3)11-13/h9,13H,4-8,10-11H2,1-3H3,(H2,16,17,18,19). The summed E-state index contributed by atoms with van der Waals surface area (Å²) >= 11 is 0. The number of hydrogen-bond donors (Lipinski definition) is 2. The molecule has 2 N–H and O–H groups in total. The van der Waals surface area contributed by atoms with Crippen molar-refractivity contribution in [2.24, 2.45) is 5.92 Å². The average molecular weight is 277 g/mol. The monoisotopic (exact) mass is 277 g/mol. The van der Waals surface area contributed by atoms with Crippen LogP contribution in [0.15, 0.2) is 6.20 Å². The summed E-state index contributed by atoms with van der Waals surface area (Å²) in [6, 6.07) is 0. The SMILES string of the molecule is CCCNc1ncc(C)c(NCC2CCCN(C)C2)n1. The van der Waals surface area contributed by atoms with Gasteiger partial charge in [-0.15, -0.1) is 0 Å². The molecule has 2 rings (SSSR count). The Morgan fingerprint density at radius 1 is 1.40 bits per heavy atom. The van der Waals surface area contributed by atoms with Gasteiger partial charge < -0.3 is 15.5 Å². The van der Waals surface area contributed by atoms with Crippen LogP contribution in [0.3, 0.4) is 0 Å². The molecule has 0 amide bonds. The molecule has 1 unspecified atom stereocenters. The van der Waals surface area contributed by atoms with E-state index in [1.165, 1.54) is 25.9 Å². The lowest BCUT2D eigenvalue weighted by atomic mass is 9.98. The number of likely N-dealkylation sites (tertiary alicyclic amines) is 1. The fraction of sp³-hybridized carbons (Fsp3) is 0.733. The zero-order chi connectivity index (χ0) is 14.4. The smallest absolute Gasteiger partial charge is 0.224 e. The molecule has 1 aliphatic heterocycles. The number of anilines is 2. The second-order valence-corrected chi connectivity index (χ2v) is 5.80. The van der Waals surface area contributed by atoms with Crippen molar-refractivity contribution >= 4 is 11.8 Å². The summed E-state index contributed by atoms with van der Waals surface area (Å²) in [5.74, 6) is 2.41. The summed E-state index contributed by atoms with van der Waals surface area (Å²) in [5, 5.41) is 6.74. The van der Waals surface area contributed by atoms with Crippen LogP contribution in [0, 0.1) is 12.8 Å². The average Bonchev–Trinajstić information content (AvgIpc) is 2.45. The lowest BCUT2D eigenvalue weighted by molar-refractivity contribution is 0.217. The van der Waals surface area contributed by atoms with Crippen molar-refractivity contribution in [2.75, 3.05) is 43.9 Å². The highest BCUT2D eigenvalue weighted by Crippen LogP contribution is 2.18. The van der Waals surface area contributed by atoms with E-state index in [9.17, 15) is 0 Å². The Labute approximate surface area is 122 Å². The Morgan fingerprint density at radius 3 is 3.00 bits per heavy atom. The molecule has 0 aliphatic carbocycles. The van der Waals surface area contributed by atoms with E-state index in [0.717, 1.165) is 42.8 Å². The van der Waals surface area contributed by atoms with Crippen molar-refractivity contribution in [1.29, 1.82) is 0 Å². The van der Waals surface area contributed by atoms with E-state index < -0.39 is 0 Å². The Balaban J connectivity index is 1.90. The van der Waals surface area contributed by atoms with Crippen molar-refractivity contribution in [3.05, 3.63) is 11.8 Å². The summed E-state index contributed by atoms with van der Waals surface area (Å²) < 4.78 is 0. The highest BCUT2D eigenvalue weighted by Gasteiger charge is 2.17. The summed E-state index contributed by atoms with van der Waals surface area (Å²) in [4.78, 5) is 11.3. The van der Waals surface area contributed by atoms with Gasteiger partial charge in [-0.3, -0.25) is 0 Å². The molecule has 1 aromatic rings. The summed E-state index contributed by atoms with van der Waals surface area (Å²) in [7, 11) is 2.20. The molecule has 5 nitrogen and oxygen atoms in total. The maximum absolute atomic E-state index is 4.57. The lowest BCUT2D eigenvalue weighted by Gasteiger charge is -2.30. The van der Waals surface area contributed by atoms with Gasteiger partial charge in [-0.2, -0.15) is 4.98 Å². The maximum atomic E-state index is 4.57. The fourth-order valence-electron chi connectivity index (χ4n) is 2.62. The van der Waals surface area contributed by atoms with Crippen LogP contribution in [0.1, 0.15) is 31.7 Å². The Kier molecular flexibility index (Phi) is 5.59. The van der Waals surface area contributed by atoms with Gasteiger partial charge in [-0.1, -0.05) is 6.92 Å². The number of nitrogens with one attached hydrogen (secondary N) is 2. The van der Waals surface area contributed by atoms with Crippen LogP contribution in [0.25, 0.3) is 0 Å². The van der Waals surface area contributed by atoms with Gasteiger partial charge in [0.15, 0.2) is 0 Å². The highest BCUT2D eigenvalue weighted by atomic mass is 15.1. The third kappa shape index (κ3) is 4.34. The molecule has 5 heteroatoms. The fourth-order valence-corrected chi connectivity index (χ4v) is 2.62. The Morgan fingerprint density at radius 2 is 2.25 bits per heavy atom. The van der Waals surface area contributed by atoms with Gasteiger partial charge in [0.1, 0.15) is 5.82 Å². The van der Waals surface area contributed by atoms with Gasteiger partial charge >= 0.3 is 0 Å². The second kappa shape index (κ2) is 7.43. The van der Waals surface area contributed by atoms with Crippen molar-refractivity contribution in [3.8, 4) is 0 Å². The Hall–Kier alpha value is -1.36. The third-order valence-electron chi connectivity index (χ3n) is 3.79. The van der Waals surface area contributed by atoms with Gasteiger partial charge in [-0.05, 0) is 45.7 Å². The van der Waals surface area contributed by atoms with E-state index in [2.05, 4.69) is 46.4 Å². The number of nitrogens with zero attached hydrogens (tertiary/aromatic N) is 3. The van der Waals surface area contributed by atoms with Gasteiger partial charge in [0.05, 0.1) is 0 Å². The van der Waals surface area contributed by atoms with E-state index in [0.29, 0.717) is 0 Å². The first-order chi connectivity index (χ1) is 9.69. The molecule has 0 saturated carbocycles. The minimum Gasteiger partial charge on any atom is -0.369 e. The molecule has 1 aliphatic rings. The topological polar surface area (TPSA) is 53.1 Å². The number of aromatic nitrogens is 2. The van der Waals surface area contributed by atoms with E-state index >= 15 is 0 Å².